The van der Waals surface area contributed by atoms with E-state index in [0.29, 0.717) is 17.1 Å². The largest absolute Gasteiger partial charge is 0.335 e. The van der Waals surface area contributed by atoms with Crippen LogP contribution in [0.2, 0.25) is 0 Å². The average molecular weight is 316 g/mol. The molecular weight excluding hydrogens is 302 g/mol. The Bertz CT molecular complexity index is 511. The molecular formula is C11H14BrN3O3. The summed E-state index contributed by atoms with van der Waals surface area (Å²) in [5, 5.41) is 14.1. The van der Waals surface area contributed by atoms with Crippen molar-refractivity contribution in [3.05, 3.63) is 37.2 Å². The molecule has 0 atom stereocenters. The molecule has 0 aromatic carbocycles. The minimum Gasteiger partial charge on any atom is -0.314 e. The molecule has 1 heterocycles. The number of nitrogens with zero attached hydrogens (tertiary/aromatic N) is 2. The van der Waals surface area contributed by atoms with Crippen molar-refractivity contribution in [2.75, 3.05) is 6.54 Å². The molecule has 1 aromatic rings. The van der Waals surface area contributed by atoms with Crippen LogP contribution in [0, 0.1) is 10.1 Å². The van der Waals surface area contributed by atoms with Crippen molar-refractivity contribution in [3.63, 3.8) is 0 Å². The average Bonchev–Trinajstić information content (AvgIpc) is 3.12. The van der Waals surface area contributed by atoms with Crippen LogP contribution in [0.15, 0.2) is 21.5 Å². The summed E-state index contributed by atoms with van der Waals surface area (Å²) in [6.07, 6.45) is 4.82. The van der Waals surface area contributed by atoms with Crippen LogP contribution in [-0.4, -0.2) is 22.1 Å². The Kier molecular flexibility index (Phi) is 4.13. The quantitative estimate of drug-likeness (QED) is 0.492. The molecule has 1 saturated carbocycles. The Labute approximate surface area is 112 Å². The molecule has 2 rings (SSSR count). The van der Waals surface area contributed by atoms with Crippen molar-refractivity contribution in [2.45, 2.75) is 31.8 Å². The highest BCUT2D eigenvalue weighted by Crippen LogP contribution is 2.18. The predicted molar refractivity (Wildman–Crippen MR) is 70.7 cm³/mol. The number of hydrogen-bond donors (Lipinski definition) is 1. The number of aromatic nitrogens is 1. The summed E-state index contributed by atoms with van der Waals surface area (Å²) in [4.78, 5) is 21.8. The molecule has 1 fully saturated rings. The lowest BCUT2D eigenvalue weighted by Gasteiger charge is -2.06. The standard InChI is InChI=1S/C11H14BrN3O3/c12-8-6-10(15(17)18)11(16)14(7-8)5-1-4-13-9-2-3-9/h6-7,9,13H,1-5H2. The van der Waals surface area contributed by atoms with Gasteiger partial charge in [0.25, 0.3) is 0 Å². The summed E-state index contributed by atoms with van der Waals surface area (Å²) in [6, 6.07) is 1.87. The van der Waals surface area contributed by atoms with E-state index < -0.39 is 10.5 Å². The highest BCUT2D eigenvalue weighted by Gasteiger charge is 2.20. The molecule has 1 N–H and O–H groups in total. The molecule has 98 valence electrons. The van der Waals surface area contributed by atoms with Gasteiger partial charge in [0.2, 0.25) is 0 Å². The van der Waals surface area contributed by atoms with Crippen molar-refractivity contribution in [3.8, 4) is 0 Å². The van der Waals surface area contributed by atoms with Crippen LogP contribution >= 0.6 is 15.9 Å². The van der Waals surface area contributed by atoms with Gasteiger partial charge in [0.05, 0.1) is 4.92 Å². The number of pyridine rings is 1. The number of aryl methyl sites for hydroxylation is 1. The zero-order valence-electron chi connectivity index (χ0n) is 9.76. The molecule has 0 bridgehead atoms. The molecule has 0 radical (unpaired) electrons. The molecule has 0 saturated heterocycles. The second-order valence-electron chi connectivity index (χ2n) is 4.38. The molecule has 0 spiro atoms. The first kappa shape index (κ1) is 13.2. The van der Waals surface area contributed by atoms with Crippen LogP contribution in [0.3, 0.4) is 0 Å². The predicted octanol–water partition coefficient (Wildman–Crippen LogP) is 1.66. The van der Waals surface area contributed by atoms with E-state index in [1.807, 2.05) is 0 Å². The third-order valence-electron chi connectivity index (χ3n) is 2.82. The fraction of sp³-hybridized carbons (Fsp3) is 0.545. The number of nitro groups is 1. The summed E-state index contributed by atoms with van der Waals surface area (Å²) in [5.74, 6) is 0. The van der Waals surface area contributed by atoms with Gasteiger partial charge in [-0.15, -0.1) is 0 Å². The van der Waals surface area contributed by atoms with Gasteiger partial charge in [-0.1, -0.05) is 0 Å². The molecule has 6 nitrogen and oxygen atoms in total. The zero-order chi connectivity index (χ0) is 13.1. The molecule has 18 heavy (non-hydrogen) atoms. The summed E-state index contributed by atoms with van der Waals surface area (Å²) in [7, 11) is 0. The van der Waals surface area contributed by atoms with Crippen LogP contribution < -0.4 is 10.9 Å². The second-order valence-corrected chi connectivity index (χ2v) is 5.30. The minimum atomic E-state index is -0.647. The van der Waals surface area contributed by atoms with Crippen molar-refractivity contribution in [1.82, 2.24) is 9.88 Å². The smallest absolute Gasteiger partial charge is 0.314 e. The second kappa shape index (κ2) is 5.62. The van der Waals surface area contributed by atoms with Crippen LogP contribution in [0.5, 0.6) is 0 Å². The number of rotatable bonds is 6. The Hall–Kier alpha value is -1.21. The Morgan fingerprint density at radius 3 is 2.89 bits per heavy atom. The maximum atomic E-state index is 11.8. The van der Waals surface area contributed by atoms with Gasteiger partial charge in [-0.25, -0.2) is 0 Å². The molecule has 7 heteroatoms. The fourth-order valence-electron chi connectivity index (χ4n) is 1.72. The van der Waals surface area contributed by atoms with Crippen molar-refractivity contribution in [2.24, 2.45) is 0 Å². The van der Waals surface area contributed by atoms with E-state index in [1.165, 1.54) is 23.5 Å². The molecule has 1 aliphatic carbocycles. The molecule has 0 amide bonds. The lowest BCUT2D eigenvalue weighted by Crippen LogP contribution is -2.25. The zero-order valence-corrected chi connectivity index (χ0v) is 11.4. The van der Waals surface area contributed by atoms with Gasteiger partial charge in [-0.3, -0.25) is 14.9 Å². The van der Waals surface area contributed by atoms with Gasteiger partial charge in [0, 0.05) is 29.3 Å². The normalized spacial score (nSPS) is 14.7. The first-order chi connectivity index (χ1) is 8.58. The lowest BCUT2D eigenvalue weighted by molar-refractivity contribution is -0.386. The van der Waals surface area contributed by atoms with Gasteiger partial charge in [-0.2, -0.15) is 0 Å². The highest BCUT2D eigenvalue weighted by molar-refractivity contribution is 9.10. The number of hydrogen-bond acceptors (Lipinski definition) is 4. The topological polar surface area (TPSA) is 77.2 Å². The molecule has 0 aliphatic heterocycles. The van der Waals surface area contributed by atoms with E-state index in [2.05, 4.69) is 21.2 Å². The van der Waals surface area contributed by atoms with Gasteiger partial charge >= 0.3 is 11.2 Å². The maximum Gasteiger partial charge on any atom is 0.335 e. The number of halogens is 1. The van der Waals surface area contributed by atoms with E-state index >= 15 is 0 Å². The lowest BCUT2D eigenvalue weighted by atomic mass is 10.3. The summed E-state index contributed by atoms with van der Waals surface area (Å²) in [6.45, 7) is 1.32. The third kappa shape index (κ3) is 3.39. The summed E-state index contributed by atoms with van der Waals surface area (Å²) >= 11 is 3.18. The van der Waals surface area contributed by atoms with Crippen LogP contribution in [0.1, 0.15) is 19.3 Å². The van der Waals surface area contributed by atoms with Gasteiger partial charge in [-0.05, 0) is 41.7 Å². The first-order valence-corrected chi connectivity index (χ1v) is 6.65. The van der Waals surface area contributed by atoms with Crippen molar-refractivity contribution < 1.29 is 4.92 Å². The monoisotopic (exact) mass is 315 g/mol. The SMILES string of the molecule is O=c1c([N+](=O)[O-])cc(Br)cn1CCCNC1CC1. The van der Waals surface area contributed by atoms with Crippen molar-refractivity contribution >= 4 is 21.6 Å². The molecule has 1 aliphatic rings. The van der Waals surface area contributed by atoms with Gasteiger partial charge in [0.15, 0.2) is 0 Å². The third-order valence-corrected chi connectivity index (χ3v) is 3.25. The summed E-state index contributed by atoms with van der Waals surface area (Å²) in [5.41, 5.74) is -0.936. The van der Waals surface area contributed by atoms with Gasteiger partial charge in [0.1, 0.15) is 0 Å². The van der Waals surface area contributed by atoms with Crippen LogP contribution in [-0.2, 0) is 6.54 Å². The maximum absolute atomic E-state index is 11.8. The summed E-state index contributed by atoms with van der Waals surface area (Å²) < 4.78 is 1.93. The van der Waals surface area contributed by atoms with E-state index in [1.54, 1.807) is 6.20 Å². The van der Waals surface area contributed by atoms with E-state index in [9.17, 15) is 14.9 Å². The van der Waals surface area contributed by atoms with Crippen LogP contribution in [0.25, 0.3) is 0 Å². The van der Waals surface area contributed by atoms with E-state index in [-0.39, 0.29) is 5.69 Å². The fourth-order valence-corrected chi connectivity index (χ4v) is 2.19. The van der Waals surface area contributed by atoms with E-state index in [0.717, 1.165) is 13.0 Å². The van der Waals surface area contributed by atoms with E-state index in [4.69, 9.17) is 0 Å². The Balaban J connectivity index is 2.01. The van der Waals surface area contributed by atoms with Crippen molar-refractivity contribution in [1.29, 1.82) is 0 Å². The van der Waals surface area contributed by atoms with Crippen LogP contribution in [0.4, 0.5) is 5.69 Å². The Morgan fingerprint density at radius 2 is 2.28 bits per heavy atom. The first-order valence-electron chi connectivity index (χ1n) is 5.85. The number of nitrogens with one attached hydrogen (secondary N) is 1. The molecule has 1 aromatic heterocycles. The van der Waals surface area contributed by atoms with Gasteiger partial charge < -0.3 is 9.88 Å². The Morgan fingerprint density at radius 1 is 1.56 bits per heavy atom. The molecule has 0 unspecified atom stereocenters. The minimum absolute atomic E-state index is 0.389. The highest BCUT2D eigenvalue weighted by atomic mass is 79.9.